The molecule has 0 aliphatic rings. The lowest BCUT2D eigenvalue weighted by molar-refractivity contribution is -0.142. The molecule has 0 saturated heterocycles. The molecule has 31 heavy (non-hydrogen) atoms. The smallest absolute Gasteiger partial charge is 0.261 e. The Hall–Kier alpha value is -2.60. The van der Waals surface area contributed by atoms with Crippen LogP contribution in [-0.2, 0) is 16.1 Å². The number of amides is 2. The second kappa shape index (κ2) is 11.1. The van der Waals surface area contributed by atoms with Crippen molar-refractivity contribution in [3.05, 3.63) is 63.9 Å². The largest absolute Gasteiger partial charge is 0.484 e. The summed E-state index contributed by atoms with van der Waals surface area (Å²) in [6, 6.07) is 8.89. The number of nitrogens with zero attached hydrogens (tertiary/aromatic N) is 1. The van der Waals surface area contributed by atoms with E-state index in [9.17, 15) is 14.0 Å². The van der Waals surface area contributed by atoms with E-state index in [1.807, 2.05) is 27.7 Å². The highest BCUT2D eigenvalue weighted by molar-refractivity contribution is 6.32. The zero-order chi connectivity index (χ0) is 23.1. The molecule has 0 aliphatic carbocycles. The molecule has 2 amide bonds. The van der Waals surface area contributed by atoms with Gasteiger partial charge in [0.1, 0.15) is 17.6 Å². The number of carbonyl (C=O) groups excluding carboxylic acids is 2. The van der Waals surface area contributed by atoms with Gasteiger partial charge < -0.3 is 15.0 Å². The molecular weight excluding hydrogens is 419 g/mol. The molecular formula is C24H30ClFN2O3. The number of rotatable bonds is 9. The quantitative estimate of drug-likeness (QED) is 0.599. The zero-order valence-electron chi connectivity index (χ0n) is 18.7. The minimum absolute atomic E-state index is 0.0309. The molecule has 7 heteroatoms. The molecule has 0 radical (unpaired) electrons. The summed E-state index contributed by atoms with van der Waals surface area (Å²) in [5, 5.41) is 3.53. The summed E-state index contributed by atoms with van der Waals surface area (Å²) >= 11 is 6.19. The Kier molecular flexibility index (Phi) is 8.87. The van der Waals surface area contributed by atoms with E-state index in [0.29, 0.717) is 16.3 Å². The van der Waals surface area contributed by atoms with E-state index < -0.39 is 17.8 Å². The lowest BCUT2D eigenvalue weighted by Crippen LogP contribution is -2.50. The zero-order valence-corrected chi connectivity index (χ0v) is 19.4. The van der Waals surface area contributed by atoms with Crippen LogP contribution >= 0.6 is 11.6 Å². The highest BCUT2D eigenvalue weighted by atomic mass is 35.5. The highest BCUT2D eigenvalue weighted by Crippen LogP contribution is 2.26. The molecule has 0 aromatic heterocycles. The molecule has 1 N–H and O–H groups in total. The molecule has 2 aromatic carbocycles. The van der Waals surface area contributed by atoms with E-state index in [-0.39, 0.29) is 25.1 Å². The van der Waals surface area contributed by atoms with Crippen LogP contribution in [0.1, 0.15) is 43.9 Å². The summed E-state index contributed by atoms with van der Waals surface area (Å²) in [7, 11) is 0. The molecule has 0 saturated carbocycles. The van der Waals surface area contributed by atoms with Gasteiger partial charge >= 0.3 is 0 Å². The fourth-order valence-electron chi connectivity index (χ4n) is 3.08. The predicted molar refractivity (Wildman–Crippen MR) is 121 cm³/mol. The number of aryl methyl sites for hydroxylation is 2. The predicted octanol–water partition coefficient (Wildman–Crippen LogP) is 4.81. The lowest BCUT2D eigenvalue weighted by atomic mass is 10.1. The van der Waals surface area contributed by atoms with Crippen molar-refractivity contribution >= 4 is 23.4 Å². The molecule has 2 aromatic rings. The van der Waals surface area contributed by atoms with Crippen LogP contribution in [0.25, 0.3) is 0 Å². The van der Waals surface area contributed by atoms with Crippen molar-refractivity contribution < 1.29 is 18.7 Å². The van der Waals surface area contributed by atoms with Crippen molar-refractivity contribution in [1.29, 1.82) is 0 Å². The van der Waals surface area contributed by atoms with Crippen LogP contribution in [-0.4, -0.2) is 35.4 Å². The number of hydrogen-bond donors (Lipinski definition) is 1. The van der Waals surface area contributed by atoms with Crippen molar-refractivity contribution in [3.63, 3.8) is 0 Å². The van der Waals surface area contributed by atoms with Crippen molar-refractivity contribution in [1.82, 2.24) is 10.2 Å². The minimum atomic E-state index is -0.793. The fourth-order valence-corrected chi connectivity index (χ4v) is 3.18. The first-order valence-electron chi connectivity index (χ1n) is 10.4. The second-order valence-corrected chi connectivity index (χ2v) is 8.14. The highest BCUT2D eigenvalue weighted by Gasteiger charge is 2.28. The normalized spacial score (nSPS) is 12.7. The number of halogens is 2. The van der Waals surface area contributed by atoms with Gasteiger partial charge in [-0.2, -0.15) is 0 Å². The molecule has 2 atom stereocenters. The Morgan fingerprint density at radius 3 is 2.35 bits per heavy atom. The number of carbonyl (C=O) groups is 2. The third-order valence-corrected chi connectivity index (χ3v) is 5.84. The molecule has 2 unspecified atom stereocenters. The van der Waals surface area contributed by atoms with Gasteiger partial charge in [-0.15, -0.1) is 0 Å². The molecule has 0 spiro atoms. The fraction of sp³-hybridized carbons (Fsp3) is 0.417. The maximum Gasteiger partial charge on any atom is 0.261 e. The van der Waals surface area contributed by atoms with Gasteiger partial charge in [-0.25, -0.2) is 4.39 Å². The van der Waals surface area contributed by atoms with Crippen LogP contribution in [0.5, 0.6) is 5.75 Å². The summed E-state index contributed by atoms with van der Waals surface area (Å²) in [4.78, 5) is 27.1. The third-order valence-electron chi connectivity index (χ3n) is 5.24. The van der Waals surface area contributed by atoms with Gasteiger partial charge in [0.05, 0.1) is 0 Å². The van der Waals surface area contributed by atoms with Crippen LogP contribution in [0.2, 0.25) is 5.02 Å². The summed E-state index contributed by atoms with van der Waals surface area (Å²) in [5.74, 6) is -0.632. The van der Waals surface area contributed by atoms with Gasteiger partial charge in [0.2, 0.25) is 5.91 Å². The van der Waals surface area contributed by atoms with Gasteiger partial charge in [0.15, 0.2) is 6.61 Å². The van der Waals surface area contributed by atoms with E-state index >= 15 is 0 Å². The first-order chi connectivity index (χ1) is 14.6. The molecule has 0 bridgehead atoms. The molecule has 0 heterocycles. The van der Waals surface area contributed by atoms with Crippen LogP contribution in [0, 0.1) is 19.7 Å². The lowest BCUT2D eigenvalue weighted by Gasteiger charge is -2.29. The Labute approximate surface area is 188 Å². The number of nitrogens with one attached hydrogen (secondary N) is 1. The van der Waals surface area contributed by atoms with Crippen molar-refractivity contribution in [2.45, 2.75) is 59.7 Å². The first kappa shape index (κ1) is 24.7. The Bertz CT molecular complexity index is 912. The van der Waals surface area contributed by atoms with Crippen molar-refractivity contribution in [2.75, 3.05) is 6.61 Å². The van der Waals surface area contributed by atoms with E-state index in [1.165, 1.54) is 11.0 Å². The van der Waals surface area contributed by atoms with Crippen molar-refractivity contribution in [2.24, 2.45) is 0 Å². The maximum absolute atomic E-state index is 14.2. The SMILES string of the molecule is CCC(C)NC(=O)C(C)N(Cc1ccccc1F)C(=O)COc1cc(C)c(Cl)c(C)c1. The van der Waals surface area contributed by atoms with Crippen LogP contribution < -0.4 is 10.1 Å². The van der Waals surface area contributed by atoms with E-state index in [4.69, 9.17) is 16.3 Å². The average Bonchev–Trinajstić information content (AvgIpc) is 2.74. The van der Waals surface area contributed by atoms with Crippen LogP contribution in [0.15, 0.2) is 36.4 Å². The Morgan fingerprint density at radius 2 is 1.77 bits per heavy atom. The maximum atomic E-state index is 14.2. The van der Waals surface area contributed by atoms with Gasteiger partial charge in [-0.3, -0.25) is 9.59 Å². The second-order valence-electron chi connectivity index (χ2n) is 7.77. The summed E-state index contributed by atoms with van der Waals surface area (Å²) < 4.78 is 19.9. The Morgan fingerprint density at radius 1 is 1.16 bits per heavy atom. The van der Waals surface area contributed by atoms with Gasteiger partial charge in [-0.1, -0.05) is 36.7 Å². The number of benzene rings is 2. The van der Waals surface area contributed by atoms with Crippen LogP contribution in [0.4, 0.5) is 4.39 Å². The Balaban J connectivity index is 2.21. The molecule has 5 nitrogen and oxygen atoms in total. The minimum Gasteiger partial charge on any atom is -0.484 e. The van der Waals surface area contributed by atoms with E-state index in [1.54, 1.807) is 37.3 Å². The van der Waals surface area contributed by atoms with E-state index in [0.717, 1.165) is 17.5 Å². The van der Waals surface area contributed by atoms with E-state index in [2.05, 4.69) is 5.32 Å². The van der Waals surface area contributed by atoms with Gasteiger partial charge in [0.25, 0.3) is 5.91 Å². The molecule has 168 valence electrons. The molecule has 0 aliphatic heterocycles. The third kappa shape index (κ3) is 6.69. The van der Waals surface area contributed by atoms with Crippen LogP contribution in [0.3, 0.4) is 0 Å². The van der Waals surface area contributed by atoms with Crippen molar-refractivity contribution in [3.8, 4) is 5.75 Å². The molecule has 0 fully saturated rings. The summed E-state index contributed by atoms with van der Waals surface area (Å²) in [6.45, 7) is 8.88. The summed E-state index contributed by atoms with van der Waals surface area (Å²) in [6.07, 6.45) is 0.762. The van der Waals surface area contributed by atoms with Gasteiger partial charge in [0, 0.05) is 23.2 Å². The standard InChI is InChI=1S/C24H30ClFN2O3/c1-6-17(4)27-24(30)18(5)28(13-19-9-7-8-10-21(19)26)22(29)14-31-20-11-15(2)23(25)16(3)12-20/h7-12,17-18H,6,13-14H2,1-5H3,(H,27,30). The molecule has 2 rings (SSSR count). The number of hydrogen-bond acceptors (Lipinski definition) is 3. The first-order valence-corrected chi connectivity index (χ1v) is 10.7. The topological polar surface area (TPSA) is 58.6 Å². The summed E-state index contributed by atoms with van der Waals surface area (Å²) in [5.41, 5.74) is 2.01. The average molecular weight is 449 g/mol. The van der Waals surface area contributed by atoms with Gasteiger partial charge in [-0.05, 0) is 63.4 Å². The number of ether oxygens (including phenoxy) is 1. The monoisotopic (exact) mass is 448 g/mol.